The summed E-state index contributed by atoms with van der Waals surface area (Å²) in [6.07, 6.45) is 4.98. The fourth-order valence-electron chi connectivity index (χ4n) is 2.13. The normalized spacial score (nSPS) is 11.6. The maximum atomic E-state index is 12.6. The average molecular weight is 336 g/mol. The van der Waals surface area contributed by atoms with E-state index in [1.54, 1.807) is 18.5 Å². The number of carbonyl (C=O) groups excluding carboxylic acids is 1. The van der Waals surface area contributed by atoms with E-state index in [2.05, 4.69) is 45.1 Å². The Kier molecular flexibility index (Phi) is 4.70. The molecular weight excluding hydrogens is 318 g/mol. The molecule has 0 atom stereocenters. The molecule has 0 radical (unpaired) electrons. The predicted octanol–water partition coefficient (Wildman–Crippen LogP) is 3.31. The second-order valence-electron chi connectivity index (χ2n) is 4.80. The van der Waals surface area contributed by atoms with Gasteiger partial charge in [-0.3, -0.25) is 14.8 Å². The van der Waals surface area contributed by atoms with Crippen LogP contribution in [0.4, 0.5) is 0 Å². The number of carbonyl (C=O) groups is 1. The number of halogens is 1. The second kappa shape index (κ2) is 6.31. The van der Waals surface area contributed by atoms with Crippen molar-refractivity contribution in [3.05, 3.63) is 36.2 Å². The van der Waals surface area contributed by atoms with E-state index in [0.717, 1.165) is 23.7 Å². The van der Waals surface area contributed by atoms with Crippen molar-refractivity contribution in [1.29, 1.82) is 0 Å². The van der Waals surface area contributed by atoms with Gasteiger partial charge in [0.2, 0.25) is 0 Å². The van der Waals surface area contributed by atoms with Crippen molar-refractivity contribution in [2.75, 3.05) is 5.33 Å². The summed E-state index contributed by atoms with van der Waals surface area (Å²) in [5, 5.41) is 3.87. The highest BCUT2D eigenvalue weighted by Gasteiger charge is 2.27. The lowest BCUT2D eigenvalue weighted by atomic mass is 9.95. The lowest BCUT2D eigenvalue weighted by Crippen LogP contribution is -2.49. The first-order valence-electron chi connectivity index (χ1n) is 6.74. The van der Waals surface area contributed by atoms with Crippen LogP contribution in [-0.2, 0) is 0 Å². The lowest BCUT2D eigenvalue weighted by Gasteiger charge is -2.31. The van der Waals surface area contributed by atoms with Crippen LogP contribution in [0.25, 0.3) is 11.0 Å². The van der Waals surface area contributed by atoms with Crippen molar-refractivity contribution in [1.82, 2.24) is 15.3 Å². The van der Waals surface area contributed by atoms with Crippen LogP contribution >= 0.6 is 15.9 Å². The molecule has 0 saturated carbocycles. The van der Waals surface area contributed by atoms with Gasteiger partial charge in [0.25, 0.3) is 5.91 Å². The van der Waals surface area contributed by atoms with E-state index in [4.69, 9.17) is 0 Å². The van der Waals surface area contributed by atoms with Crippen LogP contribution in [0.2, 0.25) is 0 Å². The lowest BCUT2D eigenvalue weighted by molar-refractivity contribution is 0.0905. The van der Waals surface area contributed by atoms with E-state index in [9.17, 15) is 4.79 Å². The molecule has 1 aromatic carbocycles. The summed E-state index contributed by atoms with van der Waals surface area (Å²) in [6.45, 7) is 4.15. The number of hydrogen-bond donors (Lipinski definition) is 1. The number of rotatable bonds is 5. The number of benzene rings is 1. The molecule has 2 aromatic rings. The Morgan fingerprint density at radius 3 is 2.60 bits per heavy atom. The first kappa shape index (κ1) is 14.9. The summed E-state index contributed by atoms with van der Waals surface area (Å²) in [5.41, 5.74) is 1.73. The second-order valence-corrected chi connectivity index (χ2v) is 5.37. The molecule has 0 fully saturated rings. The minimum absolute atomic E-state index is 0.0979. The standard InChI is InChI=1S/C15H18BrN3O/c1-3-15(4-2,10-16)19-14(20)11-6-5-7-12-13(11)18-9-8-17-12/h5-9H,3-4,10H2,1-2H3,(H,19,20). The van der Waals surface area contributed by atoms with Gasteiger partial charge in [-0.2, -0.15) is 0 Å². The number of fused-ring (bicyclic) bond motifs is 1. The number of nitrogens with zero attached hydrogens (tertiary/aromatic N) is 2. The SMILES string of the molecule is CCC(CC)(CBr)NC(=O)c1cccc2nccnc12. The molecule has 106 valence electrons. The maximum Gasteiger partial charge on any atom is 0.254 e. The van der Waals surface area contributed by atoms with Crippen LogP contribution in [0.1, 0.15) is 37.0 Å². The third kappa shape index (κ3) is 2.82. The molecule has 5 heteroatoms. The molecule has 0 aliphatic heterocycles. The molecule has 0 bridgehead atoms. The minimum Gasteiger partial charge on any atom is -0.346 e. The molecular formula is C15H18BrN3O. The van der Waals surface area contributed by atoms with Crippen LogP contribution < -0.4 is 5.32 Å². The van der Waals surface area contributed by atoms with Gasteiger partial charge in [-0.1, -0.05) is 35.8 Å². The molecule has 1 N–H and O–H groups in total. The van der Waals surface area contributed by atoms with Crippen molar-refractivity contribution in [2.24, 2.45) is 0 Å². The van der Waals surface area contributed by atoms with E-state index in [0.29, 0.717) is 11.1 Å². The Hall–Kier alpha value is -1.49. The smallest absolute Gasteiger partial charge is 0.254 e. The zero-order valence-electron chi connectivity index (χ0n) is 11.7. The van der Waals surface area contributed by atoms with Gasteiger partial charge in [0.15, 0.2) is 0 Å². The van der Waals surface area contributed by atoms with Gasteiger partial charge in [-0.15, -0.1) is 0 Å². The largest absolute Gasteiger partial charge is 0.346 e. The average Bonchev–Trinajstić information content (AvgIpc) is 2.52. The van der Waals surface area contributed by atoms with Gasteiger partial charge >= 0.3 is 0 Å². The van der Waals surface area contributed by atoms with Crippen LogP contribution in [0.15, 0.2) is 30.6 Å². The number of hydrogen-bond acceptors (Lipinski definition) is 3. The molecule has 4 nitrogen and oxygen atoms in total. The van der Waals surface area contributed by atoms with Gasteiger partial charge in [0.05, 0.1) is 11.1 Å². The third-order valence-corrected chi connectivity index (χ3v) is 4.80. The monoisotopic (exact) mass is 335 g/mol. The minimum atomic E-state index is -0.221. The topological polar surface area (TPSA) is 54.9 Å². The van der Waals surface area contributed by atoms with Crippen LogP contribution in [0.5, 0.6) is 0 Å². The van der Waals surface area contributed by atoms with Crippen LogP contribution in [0, 0.1) is 0 Å². The van der Waals surface area contributed by atoms with Gasteiger partial charge in [-0.25, -0.2) is 0 Å². The highest BCUT2D eigenvalue weighted by Crippen LogP contribution is 2.20. The fourth-order valence-corrected chi connectivity index (χ4v) is 3.07. The van der Waals surface area contributed by atoms with Crippen LogP contribution in [0.3, 0.4) is 0 Å². The van der Waals surface area contributed by atoms with Crippen molar-refractivity contribution < 1.29 is 4.79 Å². The molecule has 0 unspecified atom stereocenters. The van der Waals surface area contributed by atoms with Gasteiger partial charge in [0.1, 0.15) is 5.52 Å². The quantitative estimate of drug-likeness (QED) is 0.853. The summed E-state index contributed by atoms with van der Waals surface area (Å²) in [6, 6.07) is 5.48. The number of amides is 1. The summed E-state index contributed by atoms with van der Waals surface area (Å²) >= 11 is 3.50. The van der Waals surface area contributed by atoms with Gasteiger partial charge in [0, 0.05) is 23.3 Å². The van der Waals surface area contributed by atoms with Crippen LogP contribution in [-0.4, -0.2) is 26.7 Å². The summed E-state index contributed by atoms with van der Waals surface area (Å²) in [4.78, 5) is 21.1. The van der Waals surface area contributed by atoms with Crippen molar-refractivity contribution in [2.45, 2.75) is 32.2 Å². The van der Waals surface area contributed by atoms with E-state index >= 15 is 0 Å². The molecule has 0 aliphatic carbocycles. The zero-order valence-corrected chi connectivity index (χ0v) is 13.3. The fraction of sp³-hybridized carbons (Fsp3) is 0.400. The molecule has 1 heterocycles. The third-order valence-electron chi connectivity index (χ3n) is 3.73. The molecule has 1 aromatic heterocycles. The first-order chi connectivity index (χ1) is 9.65. The van der Waals surface area contributed by atoms with Crippen molar-refractivity contribution in [3.63, 3.8) is 0 Å². The van der Waals surface area contributed by atoms with Crippen molar-refractivity contribution in [3.8, 4) is 0 Å². The molecule has 0 spiro atoms. The highest BCUT2D eigenvalue weighted by atomic mass is 79.9. The number of para-hydroxylation sites is 1. The predicted molar refractivity (Wildman–Crippen MR) is 84.1 cm³/mol. The maximum absolute atomic E-state index is 12.6. The number of aromatic nitrogens is 2. The summed E-state index contributed by atoms with van der Waals surface area (Å²) < 4.78 is 0. The Balaban J connectivity index is 2.37. The molecule has 0 aliphatic rings. The van der Waals surface area contributed by atoms with E-state index in [1.807, 2.05) is 12.1 Å². The summed E-state index contributed by atoms with van der Waals surface area (Å²) in [7, 11) is 0. The Labute approximate surface area is 127 Å². The Morgan fingerprint density at radius 1 is 1.25 bits per heavy atom. The molecule has 20 heavy (non-hydrogen) atoms. The number of alkyl halides is 1. The van der Waals surface area contributed by atoms with Gasteiger partial charge in [-0.05, 0) is 25.0 Å². The van der Waals surface area contributed by atoms with E-state index in [1.165, 1.54) is 0 Å². The van der Waals surface area contributed by atoms with E-state index in [-0.39, 0.29) is 11.4 Å². The molecule has 1 amide bonds. The Morgan fingerprint density at radius 2 is 1.95 bits per heavy atom. The Bertz CT molecular complexity index is 597. The number of nitrogens with one attached hydrogen (secondary N) is 1. The van der Waals surface area contributed by atoms with E-state index < -0.39 is 0 Å². The molecule has 2 rings (SSSR count). The first-order valence-corrected chi connectivity index (χ1v) is 7.86. The molecule has 0 saturated heterocycles. The highest BCUT2D eigenvalue weighted by molar-refractivity contribution is 9.09. The van der Waals surface area contributed by atoms with Crippen molar-refractivity contribution >= 4 is 32.9 Å². The summed E-state index contributed by atoms with van der Waals surface area (Å²) in [5.74, 6) is -0.0979. The zero-order chi connectivity index (χ0) is 14.6. The van der Waals surface area contributed by atoms with Gasteiger partial charge < -0.3 is 5.32 Å².